The third kappa shape index (κ3) is 3.21. The molecule has 2 aromatic rings. The fraction of sp³-hybridized carbons (Fsp3) is 0.267. The number of rotatable bonds is 3. The first-order valence-electron chi connectivity index (χ1n) is 6.71. The molecule has 0 bridgehead atoms. The van der Waals surface area contributed by atoms with Gasteiger partial charge in [0.05, 0.1) is 12.1 Å². The van der Waals surface area contributed by atoms with Crippen LogP contribution in [0.5, 0.6) is 6.01 Å². The molecule has 1 aromatic carbocycles. The Hall–Kier alpha value is -1.95. The van der Waals surface area contributed by atoms with Gasteiger partial charge in [0.15, 0.2) is 0 Å². The van der Waals surface area contributed by atoms with Crippen LogP contribution in [0.25, 0.3) is 0 Å². The SMILES string of the molecule is O=C(c1ccccc1Br)N1CC[C@H](Oc2ncccn2)C1. The molecule has 108 valence electrons. The van der Waals surface area contributed by atoms with Crippen molar-refractivity contribution in [2.75, 3.05) is 13.1 Å². The van der Waals surface area contributed by atoms with Crippen molar-refractivity contribution >= 4 is 21.8 Å². The van der Waals surface area contributed by atoms with Crippen molar-refractivity contribution < 1.29 is 9.53 Å². The van der Waals surface area contributed by atoms with E-state index in [1.54, 1.807) is 23.4 Å². The molecule has 1 fully saturated rings. The minimum absolute atomic E-state index is 0.0163. The van der Waals surface area contributed by atoms with E-state index < -0.39 is 0 Å². The molecule has 1 aliphatic rings. The largest absolute Gasteiger partial charge is 0.458 e. The summed E-state index contributed by atoms with van der Waals surface area (Å²) in [7, 11) is 0. The van der Waals surface area contributed by atoms with Crippen molar-refractivity contribution in [2.45, 2.75) is 12.5 Å². The van der Waals surface area contributed by atoms with Gasteiger partial charge in [-0.2, -0.15) is 0 Å². The Morgan fingerprint density at radius 2 is 2.00 bits per heavy atom. The van der Waals surface area contributed by atoms with E-state index in [2.05, 4.69) is 25.9 Å². The molecular formula is C15H14BrN3O2. The third-order valence-electron chi connectivity index (χ3n) is 3.35. The van der Waals surface area contributed by atoms with Gasteiger partial charge in [-0.1, -0.05) is 12.1 Å². The number of carbonyl (C=O) groups is 1. The lowest BCUT2D eigenvalue weighted by Crippen LogP contribution is -2.31. The van der Waals surface area contributed by atoms with E-state index >= 15 is 0 Å². The maximum Gasteiger partial charge on any atom is 0.316 e. The molecule has 2 heterocycles. The van der Waals surface area contributed by atoms with E-state index in [1.165, 1.54) is 0 Å². The van der Waals surface area contributed by atoms with Crippen LogP contribution >= 0.6 is 15.9 Å². The summed E-state index contributed by atoms with van der Waals surface area (Å²) >= 11 is 3.41. The quantitative estimate of drug-likeness (QED) is 0.855. The Morgan fingerprint density at radius 3 is 2.76 bits per heavy atom. The van der Waals surface area contributed by atoms with E-state index in [-0.39, 0.29) is 12.0 Å². The van der Waals surface area contributed by atoms with Gasteiger partial charge in [-0.25, -0.2) is 9.97 Å². The van der Waals surface area contributed by atoms with Crippen molar-refractivity contribution in [3.05, 3.63) is 52.8 Å². The number of halogens is 1. The standard InChI is InChI=1S/C15H14BrN3O2/c16-13-5-2-1-4-12(13)14(20)19-9-6-11(10-19)21-15-17-7-3-8-18-15/h1-5,7-8,11H,6,9-10H2/t11-/m0/s1. The molecule has 0 N–H and O–H groups in total. The van der Waals surface area contributed by atoms with Crippen LogP contribution in [0.4, 0.5) is 0 Å². The minimum Gasteiger partial charge on any atom is -0.458 e. The number of likely N-dealkylation sites (tertiary alicyclic amines) is 1. The molecule has 1 aliphatic heterocycles. The highest BCUT2D eigenvalue weighted by Crippen LogP contribution is 2.21. The van der Waals surface area contributed by atoms with Crippen LogP contribution in [-0.4, -0.2) is 40.0 Å². The molecule has 0 radical (unpaired) electrons. The fourth-order valence-corrected chi connectivity index (χ4v) is 2.76. The van der Waals surface area contributed by atoms with Crippen LogP contribution in [0.3, 0.4) is 0 Å². The smallest absolute Gasteiger partial charge is 0.316 e. The van der Waals surface area contributed by atoms with Gasteiger partial charge >= 0.3 is 6.01 Å². The van der Waals surface area contributed by atoms with Gasteiger partial charge in [0.1, 0.15) is 6.10 Å². The van der Waals surface area contributed by atoms with E-state index in [1.807, 2.05) is 24.3 Å². The Bertz CT molecular complexity index is 636. The second-order valence-corrected chi connectivity index (χ2v) is 5.65. The summed E-state index contributed by atoms with van der Waals surface area (Å²) < 4.78 is 6.50. The zero-order valence-corrected chi connectivity index (χ0v) is 12.9. The summed E-state index contributed by atoms with van der Waals surface area (Å²) in [6, 6.07) is 9.54. The summed E-state index contributed by atoms with van der Waals surface area (Å²) in [4.78, 5) is 22.4. The molecule has 0 aliphatic carbocycles. The second kappa shape index (κ2) is 6.22. The van der Waals surface area contributed by atoms with E-state index in [4.69, 9.17) is 4.74 Å². The van der Waals surface area contributed by atoms with Crippen molar-refractivity contribution in [1.82, 2.24) is 14.9 Å². The lowest BCUT2D eigenvalue weighted by atomic mass is 10.2. The van der Waals surface area contributed by atoms with Gasteiger partial charge < -0.3 is 9.64 Å². The van der Waals surface area contributed by atoms with Crippen LogP contribution in [0.15, 0.2) is 47.2 Å². The Balaban J connectivity index is 1.65. The predicted molar refractivity (Wildman–Crippen MR) is 81.1 cm³/mol. The Labute approximate surface area is 131 Å². The molecule has 0 saturated carbocycles. The predicted octanol–water partition coefficient (Wildman–Crippen LogP) is 2.53. The number of nitrogens with zero attached hydrogens (tertiary/aromatic N) is 3. The van der Waals surface area contributed by atoms with Gasteiger partial charge in [0.2, 0.25) is 0 Å². The highest BCUT2D eigenvalue weighted by atomic mass is 79.9. The van der Waals surface area contributed by atoms with Gasteiger partial charge in [0.25, 0.3) is 5.91 Å². The molecular weight excluding hydrogens is 334 g/mol. The van der Waals surface area contributed by atoms with Crippen molar-refractivity contribution in [3.63, 3.8) is 0 Å². The van der Waals surface area contributed by atoms with Crippen LogP contribution in [-0.2, 0) is 0 Å². The molecule has 3 rings (SSSR count). The van der Waals surface area contributed by atoms with E-state index in [9.17, 15) is 4.79 Å². The first-order chi connectivity index (χ1) is 10.2. The monoisotopic (exact) mass is 347 g/mol. The Kier molecular flexibility index (Phi) is 4.15. The van der Waals surface area contributed by atoms with Crippen LogP contribution < -0.4 is 4.74 Å². The van der Waals surface area contributed by atoms with Gasteiger partial charge in [-0.3, -0.25) is 4.79 Å². The number of aromatic nitrogens is 2. The number of amides is 1. The number of hydrogen-bond donors (Lipinski definition) is 0. The van der Waals surface area contributed by atoms with Gasteiger partial charge in [-0.15, -0.1) is 0 Å². The molecule has 6 heteroatoms. The highest BCUT2D eigenvalue weighted by Gasteiger charge is 2.29. The van der Waals surface area contributed by atoms with E-state index in [0.717, 1.165) is 10.9 Å². The van der Waals surface area contributed by atoms with Gasteiger partial charge in [-0.05, 0) is 34.1 Å². The third-order valence-corrected chi connectivity index (χ3v) is 4.04. The molecule has 21 heavy (non-hydrogen) atoms. The lowest BCUT2D eigenvalue weighted by molar-refractivity contribution is 0.0769. The van der Waals surface area contributed by atoms with Crippen molar-refractivity contribution in [1.29, 1.82) is 0 Å². The van der Waals surface area contributed by atoms with E-state index in [0.29, 0.717) is 24.7 Å². The highest BCUT2D eigenvalue weighted by molar-refractivity contribution is 9.10. The second-order valence-electron chi connectivity index (χ2n) is 4.79. The van der Waals surface area contributed by atoms with Crippen LogP contribution in [0.1, 0.15) is 16.8 Å². The molecule has 5 nitrogen and oxygen atoms in total. The average Bonchev–Trinajstić information content (AvgIpc) is 2.97. The topological polar surface area (TPSA) is 55.3 Å². The first kappa shape index (κ1) is 14.0. The number of hydrogen-bond acceptors (Lipinski definition) is 4. The van der Waals surface area contributed by atoms with Gasteiger partial charge in [0, 0.05) is 29.8 Å². The summed E-state index contributed by atoms with van der Waals surface area (Å²) in [6.45, 7) is 1.23. The summed E-state index contributed by atoms with van der Waals surface area (Å²) in [5.41, 5.74) is 0.675. The van der Waals surface area contributed by atoms with Crippen LogP contribution in [0, 0.1) is 0 Å². The number of benzene rings is 1. The van der Waals surface area contributed by atoms with Crippen LogP contribution in [0.2, 0.25) is 0 Å². The molecule has 1 aromatic heterocycles. The Morgan fingerprint density at radius 1 is 1.24 bits per heavy atom. The summed E-state index contributed by atoms with van der Waals surface area (Å²) in [5.74, 6) is 0.0163. The van der Waals surface area contributed by atoms with Crippen molar-refractivity contribution in [3.8, 4) is 6.01 Å². The molecule has 0 unspecified atom stereocenters. The number of carbonyl (C=O) groups excluding carboxylic acids is 1. The number of ether oxygens (including phenoxy) is 1. The zero-order valence-electron chi connectivity index (χ0n) is 11.3. The fourth-order valence-electron chi connectivity index (χ4n) is 2.31. The maximum absolute atomic E-state index is 12.5. The summed E-state index contributed by atoms with van der Waals surface area (Å²) in [6.07, 6.45) is 4.01. The maximum atomic E-state index is 12.5. The molecule has 0 spiro atoms. The lowest BCUT2D eigenvalue weighted by Gasteiger charge is -2.17. The average molecular weight is 348 g/mol. The summed E-state index contributed by atoms with van der Waals surface area (Å²) in [5, 5.41) is 0. The normalized spacial score (nSPS) is 17.8. The molecule has 1 atom stereocenters. The minimum atomic E-state index is -0.0566. The van der Waals surface area contributed by atoms with Crippen molar-refractivity contribution in [2.24, 2.45) is 0 Å². The molecule has 1 saturated heterocycles. The zero-order chi connectivity index (χ0) is 14.7. The molecule has 1 amide bonds. The first-order valence-corrected chi connectivity index (χ1v) is 7.51.